The number of hydrazine groups is 1. The minimum absolute atomic E-state index is 0.00425. The van der Waals surface area contributed by atoms with Crippen molar-refractivity contribution in [2.24, 2.45) is 11.3 Å². The summed E-state index contributed by atoms with van der Waals surface area (Å²) < 4.78 is 40.7. The van der Waals surface area contributed by atoms with E-state index in [0.717, 1.165) is 49.0 Å². The molecule has 0 spiro atoms. The van der Waals surface area contributed by atoms with Crippen LogP contribution in [0, 0.1) is 11.3 Å². The Morgan fingerprint density at radius 3 is 2.54 bits per heavy atom. The zero-order chi connectivity index (χ0) is 47.1. The van der Waals surface area contributed by atoms with Crippen molar-refractivity contribution in [2.75, 3.05) is 54.5 Å². The fraction of sp³-hybridized carbons (Fsp3) is 0.565. The third-order valence-electron chi connectivity index (χ3n) is 12.8. The molecular formula is C46H63N9O8S2. The SMILES string of the molecule is CCn1c(-c2cccnc2[C@H](C)OC)c2c3cc(ccc31)-c1csc(n1)C[C@H](NC(=O)C(C(C)C)N(C)C(=O)N1CC(S(=O)(=O)N(C)C)C1)C(=O)N1CCC[C@H](N1)C(=O)OCC(C)(C)C2. The summed E-state index contributed by atoms with van der Waals surface area (Å²) in [6, 6.07) is 6.92. The molecule has 4 amide bonds. The van der Waals surface area contributed by atoms with Gasteiger partial charge < -0.3 is 29.2 Å². The number of hydrogen-bond acceptors (Lipinski definition) is 12. The lowest BCUT2D eigenvalue weighted by molar-refractivity contribution is -0.155. The number of rotatable bonds is 10. The lowest BCUT2D eigenvalue weighted by Crippen LogP contribution is -2.65. The summed E-state index contributed by atoms with van der Waals surface area (Å²) in [6.07, 6.45) is 3.09. The molecule has 65 heavy (non-hydrogen) atoms. The molecule has 2 saturated heterocycles. The van der Waals surface area contributed by atoms with E-state index in [2.05, 4.69) is 54.3 Å². The number of likely N-dealkylation sites (N-methyl/N-ethyl adjacent to an activating group) is 1. The van der Waals surface area contributed by atoms with Gasteiger partial charge in [0.2, 0.25) is 15.9 Å². The summed E-state index contributed by atoms with van der Waals surface area (Å²) in [5, 5.41) is 7.22. The largest absolute Gasteiger partial charge is 0.464 e. The molecule has 2 fully saturated rings. The molecule has 6 heterocycles. The van der Waals surface area contributed by atoms with E-state index in [1.165, 1.54) is 47.3 Å². The molecule has 3 aliphatic heterocycles. The zero-order valence-corrected chi connectivity index (χ0v) is 40.7. The minimum Gasteiger partial charge on any atom is -0.464 e. The molecule has 3 aromatic heterocycles. The Morgan fingerprint density at radius 1 is 1.12 bits per heavy atom. The Morgan fingerprint density at radius 2 is 1.86 bits per heavy atom. The van der Waals surface area contributed by atoms with Gasteiger partial charge in [-0.25, -0.2) is 27.9 Å². The number of thiazole rings is 1. The van der Waals surface area contributed by atoms with Crippen molar-refractivity contribution in [1.82, 2.24) is 44.4 Å². The van der Waals surface area contributed by atoms with Crippen molar-refractivity contribution >= 4 is 56.1 Å². The third kappa shape index (κ3) is 9.66. The van der Waals surface area contributed by atoms with Gasteiger partial charge in [-0.2, -0.15) is 0 Å². The third-order valence-corrected chi connectivity index (χ3v) is 15.9. The maximum absolute atomic E-state index is 14.6. The Bertz CT molecular complexity index is 2550. The van der Waals surface area contributed by atoms with Gasteiger partial charge in [-0.3, -0.25) is 24.4 Å². The maximum Gasteiger partial charge on any atom is 0.324 e. The number of aromatic nitrogens is 3. The first-order valence-electron chi connectivity index (χ1n) is 22.3. The fourth-order valence-electron chi connectivity index (χ4n) is 9.17. The van der Waals surface area contributed by atoms with Gasteiger partial charge in [0.05, 0.1) is 34.8 Å². The summed E-state index contributed by atoms with van der Waals surface area (Å²) in [4.78, 5) is 69.1. The van der Waals surface area contributed by atoms with Gasteiger partial charge >= 0.3 is 12.0 Å². The first-order valence-corrected chi connectivity index (χ1v) is 24.7. The highest BCUT2D eigenvalue weighted by atomic mass is 32.2. The number of urea groups is 1. The average Bonchev–Trinajstić information content (AvgIpc) is 3.85. The van der Waals surface area contributed by atoms with Gasteiger partial charge in [0, 0.05) is 99.9 Å². The summed E-state index contributed by atoms with van der Waals surface area (Å²) in [6.45, 7) is 13.0. The van der Waals surface area contributed by atoms with Gasteiger partial charge in [0.1, 0.15) is 23.4 Å². The molecule has 6 bridgehead atoms. The Labute approximate surface area is 385 Å². The Balaban J connectivity index is 1.25. The molecule has 0 saturated carbocycles. The minimum atomic E-state index is -3.56. The van der Waals surface area contributed by atoms with E-state index in [1.54, 1.807) is 13.3 Å². The number of cyclic esters (lactones) is 1. The second kappa shape index (κ2) is 19.1. The number of methoxy groups -OCH3 is 1. The Hall–Kier alpha value is -4.95. The zero-order valence-electron chi connectivity index (χ0n) is 39.1. The van der Waals surface area contributed by atoms with Crippen LogP contribution in [0.3, 0.4) is 0 Å². The van der Waals surface area contributed by atoms with Gasteiger partial charge in [-0.05, 0) is 68.9 Å². The first kappa shape index (κ1) is 48.0. The monoisotopic (exact) mass is 933 g/mol. The summed E-state index contributed by atoms with van der Waals surface area (Å²) in [5.74, 6) is -1.86. The van der Waals surface area contributed by atoms with Gasteiger partial charge in [-0.15, -0.1) is 11.3 Å². The molecule has 19 heteroatoms. The summed E-state index contributed by atoms with van der Waals surface area (Å²) in [5.41, 5.74) is 9.12. The van der Waals surface area contributed by atoms with Crippen molar-refractivity contribution in [3.05, 3.63) is 58.2 Å². The van der Waals surface area contributed by atoms with Crippen LogP contribution in [-0.2, 0) is 53.3 Å². The van der Waals surface area contributed by atoms with E-state index in [0.29, 0.717) is 37.4 Å². The van der Waals surface area contributed by atoms with Crippen molar-refractivity contribution < 1.29 is 37.1 Å². The number of benzene rings is 1. The number of pyridine rings is 1. The molecular weight excluding hydrogens is 871 g/mol. The molecule has 0 aliphatic carbocycles. The highest BCUT2D eigenvalue weighted by molar-refractivity contribution is 7.89. The number of likely N-dealkylation sites (tertiary alicyclic amines) is 1. The average molecular weight is 934 g/mol. The van der Waals surface area contributed by atoms with Crippen molar-refractivity contribution in [3.63, 3.8) is 0 Å². The number of nitrogens with one attached hydrogen (secondary N) is 2. The van der Waals surface area contributed by atoms with E-state index in [4.69, 9.17) is 19.4 Å². The number of amides is 4. The normalized spacial score (nSPS) is 20.6. The number of nitrogens with zero attached hydrogens (tertiary/aromatic N) is 7. The first-order chi connectivity index (χ1) is 30.8. The van der Waals surface area contributed by atoms with E-state index >= 15 is 0 Å². The van der Waals surface area contributed by atoms with Crippen molar-refractivity contribution in [2.45, 2.75) is 103 Å². The molecule has 17 nitrogen and oxygen atoms in total. The smallest absolute Gasteiger partial charge is 0.324 e. The van der Waals surface area contributed by atoms with Crippen LogP contribution in [0.2, 0.25) is 0 Å². The predicted octanol–water partition coefficient (Wildman–Crippen LogP) is 4.85. The molecule has 0 radical (unpaired) electrons. The van der Waals surface area contributed by atoms with E-state index in [-0.39, 0.29) is 38.1 Å². The van der Waals surface area contributed by atoms with Crippen LogP contribution in [0.25, 0.3) is 33.4 Å². The van der Waals surface area contributed by atoms with Gasteiger partial charge in [0.15, 0.2) is 0 Å². The number of aryl methyl sites for hydroxylation is 1. The highest BCUT2D eigenvalue weighted by Gasteiger charge is 2.44. The molecule has 4 atom stereocenters. The van der Waals surface area contributed by atoms with Gasteiger partial charge in [-0.1, -0.05) is 33.8 Å². The van der Waals surface area contributed by atoms with Crippen molar-refractivity contribution in [1.29, 1.82) is 0 Å². The number of ether oxygens (including phenoxy) is 2. The standard InChI is InChI=1S/C46H63N9O8S2/c1-11-54-37-17-16-29-20-32(37)33(41(54)31-14-12-18-47-39(31)28(4)62-10)22-46(5,6)26-63-44(58)34-15-13-19-55(50-34)43(57)35(21-38-48-36(29)25-64-38)49-42(56)40(27(2)3)52(9)45(59)53-23-30(24-53)65(60,61)51(7)8/h12,14,16-18,20,25,27-28,30,34-35,40,50H,11,13,15,19,21-24,26H2,1-10H3,(H,49,56)/t28-,34-,35-,40?/m0/s1. The van der Waals surface area contributed by atoms with Crippen LogP contribution in [0.5, 0.6) is 0 Å². The second-order valence-electron chi connectivity index (χ2n) is 18.7. The molecule has 3 aliphatic rings. The van der Waals surface area contributed by atoms with Crippen LogP contribution >= 0.6 is 11.3 Å². The molecule has 1 unspecified atom stereocenters. The maximum atomic E-state index is 14.6. The second-order valence-corrected chi connectivity index (χ2v) is 22.1. The predicted molar refractivity (Wildman–Crippen MR) is 249 cm³/mol. The van der Waals surface area contributed by atoms with Crippen molar-refractivity contribution in [3.8, 4) is 22.5 Å². The van der Waals surface area contributed by atoms with Crippen LogP contribution in [0.4, 0.5) is 4.79 Å². The number of carbonyl (C=O) groups is 4. The fourth-order valence-corrected chi connectivity index (χ4v) is 11.4. The van der Waals surface area contributed by atoms with E-state index < -0.39 is 62.6 Å². The van der Waals surface area contributed by atoms with E-state index in [9.17, 15) is 27.6 Å². The molecule has 7 rings (SSSR count). The topological polar surface area (TPSA) is 189 Å². The van der Waals surface area contributed by atoms with Crippen LogP contribution in [0.1, 0.15) is 76.8 Å². The van der Waals surface area contributed by atoms with Crippen LogP contribution < -0.4 is 10.7 Å². The van der Waals surface area contributed by atoms with E-state index in [1.807, 2.05) is 38.3 Å². The molecule has 4 aromatic rings. The molecule has 352 valence electrons. The number of fused-ring (bicyclic) bond motifs is 6. The van der Waals surface area contributed by atoms with Gasteiger partial charge in [0.25, 0.3) is 5.91 Å². The van der Waals surface area contributed by atoms with Crippen LogP contribution in [-0.4, -0.2) is 144 Å². The summed E-state index contributed by atoms with van der Waals surface area (Å²) in [7, 11) is 2.54. The lowest BCUT2D eigenvalue weighted by Gasteiger charge is -2.43. The number of esters is 1. The van der Waals surface area contributed by atoms with Crippen LogP contribution in [0.15, 0.2) is 41.9 Å². The number of carbonyl (C=O) groups excluding carboxylic acids is 4. The molecule has 1 aromatic carbocycles. The number of hydrogen-bond donors (Lipinski definition) is 2. The summed E-state index contributed by atoms with van der Waals surface area (Å²) >= 11 is 1.38. The Kier molecular flexibility index (Phi) is 14.1. The number of sulfonamides is 1. The molecule has 2 N–H and O–H groups in total. The lowest BCUT2D eigenvalue weighted by atomic mass is 9.84. The highest BCUT2D eigenvalue weighted by Crippen LogP contribution is 2.42. The quantitative estimate of drug-likeness (QED) is 0.207.